The Balaban J connectivity index is 2.34. The van der Waals surface area contributed by atoms with Gasteiger partial charge < -0.3 is 0 Å². The summed E-state index contributed by atoms with van der Waals surface area (Å²) in [5.41, 5.74) is 2.76. The first-order valence-corrected chi connectivity index (χ1v) is 5.54. The van der Waals surface area contributed by atoms with Crippen LogP contribution in [0, 0.1) is 5.41 Å². The fraction of sp³-hybridized carbons (Fsp3) is 0.818. The Morgan fingerprint density at radius 1 is 1.47 bits per heavy atom. The van der Waals surface area contributed by atoms with E-state index >= 15 is 0 Å². The lowest BCUT2D eigenvalue weighted by Gasteiger charge is -2.30. The second-order valence-corrected chi connectivity index (χ2v) is 4.72. The van der Waals surface area contributed by atoms with Crippen molar-refractivity contribution in [2.24, 2.45) is 5.41 Å². The maximum absolute atomic E-state index is 11.3. The van der Waals surface area contributed by atoms with Gasteiger partial charge in [-0.2, -0.15) is 0 Å². The summed E-state index contributed by atoms with van der Waals surface area (Å²) in [6, 6.07) is 0. The lowest BCUT2D eigenvalue weighted by atomic mass is 9.85. The molecule has 1 N–H and O–H groups in total. The van der Waals surface area contributed by atoms with E-state index in [1.807, 2.05) is 13.8 Å². The molecule has 1 saturated heterocycles. The van der Waals surface area contributed by atoms with E-state index in [0.29, 0.717) is 6.29 Å². The molecule has 0 bridgehead atoms. The number of nitrogens with zero attached hydrogens (tertiary/aromatic N) is 1. The number of hydrogen-bond donors (Lipinski definition) is 1. The van der Waals surface area contributed by atoms with Gasteiger partial charge in [0.2, 0.25) is 5.78 Å². The van der Waals surface area contributed by atoms with Crippen molar-refractivity contribution in [3.8, 4) is 0 Å². The van der Waals surface area contributed by atoms with Gasteiger partial charge in [0.15, 0.2) is 6.29 Å². The zero-order valence-corrected chi connectivity index (χ0v) is 9.58. The van der Waals surface area contributed by atoms with Crippen LogP contribution in [0.3, 0.4) is 0 Å². The molecule has 0 spiro atoms. The summed E-state index contributed by atoms with van der Waals surface area (Å²) in [6.45, 7) is 6.53. The molecule has 0 amide bonds. The van der Waals surface area contributed by atoms with Gasteiger partial charge in [-0.15, -0.1) is 0 Å². The van der Waals surface area contributed by atoms with Crippen LogP contribution >= 0.6 is 0 Å². The van der Waals surface area contributed by atoms with Gasteiger partial charge in [0.05, 0.1) is 0 Å². The number of carbonyl (C=O) groups is 2. The van der Waals surface area contributed by atoms with E-state index in [0.717, 1.165) is 26.1 Å². The van der Waals surface area contributed by atoms with E-state index < -0.39 is 5.41 Å². The van der Waals surface area contributed by atoms with Gasteiger partial charge in [-0.3, -0.25) is 15.0 Å². The molecular weight excluding hydrogens is 192 g/mol. The summed E-state index contributed by atoms with van der Waals surface area (Å²) < 4.78 is 0. The number of Topliss-reactive ketones (excluding diaryl/α,β-unsaturated/α-hetero) is 1. The number of carbonyl (C=O) groups excluding carboxylic acids is 2. The lowest BCUT2D eigenvalue weighted by Crippen LogP contribution is -2.45. The average molecular weight is 212 g/mol. The monoisotopic (exact) mass is 212 g/mol. The Labute approximate surface area is 91.0 Å². The Kier molecular flexibility index (Phi) is 4.42. The van der Waals surface area contributed by atoms with Crippen molar-refractivity contribution in [2.45, 2.75) is 33.1 Å². The number of hydrogen-bond acceptors (Lipinski definition) is 4. The molecule has 4 nitrogen and oxygen atoms in total. The molecule has 0 atom stereocenters. The van der Waals surface area contributed by atoms with Crippen LogP contribution in [0.25, 0.3) is 0 Å². The largest absolute Gasteiger partial charge is 0.295 e. The van der Waals surface area contributed by atoms with Gasteiger partial charge in [0, 0.05) is 25.0 Å². The minimum absolute atomic E-state index is 0.306. The molecule has 86 valence electrons. The van der Waals surface area contributed by atoms with Gasteiger partial charge in [-0.25, -0.2) is 5.01 Å². The van der Waals surface area contributed by atoms with E-state index in [2.05, 4.69) is 10.4 Å². The molecular formula is C11H20N2O2. The quantitative estimate of drug-likeness (QED) is 0.540. The standard InChI is InChI=1S/C11H20N2O2/c1-11(2,10(15)9-14)5-8-13-7-4-3-6-12-13/h9,12H,3-8H2,1-2H3. The highest BCUT2D eigenvalue weighted by atomic mass is 16.2. The third kappa shape index (κ3) is 3.72. The SMILES string of the molecule is CC(C)(CCN1CCCCN1)C(=O)C=O. The van der Waals surface area contributed by atoms with Gasteiger partial charge in [-0.1, -0.05) is 13.8 Å². The predicted octanol–water partition coefficient (Wildman–Crippen LogP) is 0.771. The molecule has 0 radical (unpaired) electrons. The van der Waals surface area contributed by atoms with Gasteiger partial charge in [0.1, 0.15) is 0 Å². The summed E-state index contributed by atoms with van der Waals surface area (Å²) in [5, 5.41) is 2.14. The maximum atomic E-state index is 11.3. The van der Waals surface area contributed by atoms with Crippen molar-refractivity contribution in [2.75, 3.05) is 19.6 Å². The summed E-state index contributed by atoms with van der Waals surface area (Å²) in [6.07, 6.45) is 3.57. The van der Waals surface area contributed by atoms with E-state index in [1.165, 1.54) is 12.8 Å². The highest BCUT2D eigenvalue weighted by Gasteiger charge is 2.27. The van der Waals surface area contributed by atoms with Gasteiger partial charge in [-0.05, 0) is 19.3 Å². The molecule has 1 aliphatic heterocycles. The van der Waals surface area contributed by atoms with Crippen molar-refractivity contribution in [1.29, 1.82) is 0 Å². The molecule has 0 aromatic carbocycles. The zero-order chi connectivity index (χ0) is 11.3. The number of aldehydes is 1. The second kappa shape index (κ2) is 5.37. The molecule has 0 saturated carbocycles. The van der Waals surface area contributed by atoms with Crippen LogP contribution in [0.15, 0.2) is 0 Å². The molecule has 1 aliphatic rings. The first-order chi connectivity index (χ1) is 7.06. The maximum Gasteiger partial charge on any atom is 0.200 e. The normalized spacial score (nSPS) is 18.8. The average Bonchev–Trinajstić information content (AvgIpc) is 2.27. The third-order valence-corrected chi connectivity index (χ3v) is 2.97. The topological polar surface area (TPSA) is 49.4 Å². The molecule has 0 aliphatic carbocycles. The second-order valence-electron chi connectivity index (χ2n) is 4.72. The van der Waals surface area contributed by atoms with Crippen molar-refractivity contribution >= 4 is 12.1 Å². The highest BCUT2D eigenvalue weighted by Crippen LogP contribution is 2.21. The molecule has 1 rings (SSSR count). The van der Waals surface area contributed by atoms with Crippen molar-refractivity contribution in [1.82, 2.24) is 10.4 Å². The van der Waals surface area contributed by atoms with Crippen LogP contribution in [0.2, 0.25) is 0 Å². The van der Waals surface area contributed by atoms with Crippen LogP contribution in [0.4, 0.5) is 0 Å². The molecule has 1 heterocycles. The Morgan fingerprint density at radius 2 is 2.20 bits per heavy atom. The van der Waals surface area contributed by atoms with E-state index in [-0.39, 0.29) is 5.78 Å². The van der Waals surface area contributed by atoms with Crippen LogP contribution < -0.4 is 5.43 Å². The summed E-state index contributed by atoms with van der Waals surface area (Å²) in [4.78, 5) is 21.7. The van der Waals surface area contributed by atoms with Crippen LogP contribution in [-0.2, 0) is 9.59 Å². The van der Waals surface area contributed by atoms with Crippen LogP contribution in [0.5, 0.6) is 0 Å². The Bertz CT molecular complexity index is 233. The summed E-state index contributed by atoms with van der Waals surface area (Å²) >= 11 is 0. The fourth-order valence-corrected chi connectivity index (χ4v) is 1.63. The van der Waals surface area contributed by atoms with Crippen molar-refractivity contribution in [3.05, 3.63) is 0 Å². The highest BCUT2D eigenvalue weighted by molar-refractivity contribution is 6.27. The fourth-order valence-electron chi connectivity index (χ4n) is 1.63. The molecule has 0 unspecified atom stereocenters. The number of ketones is 1. The first-order valence-electron chi connectivity index (χ1n) is 5.54. The van der Waals surface area contributed by atoms with Crippen LogP contribution in [0.1, 0.15) is 33.1 Å². The van der Waals surface area contributed by atoms with Crippen molar-refractivity contribution in [3.63, 3.8) is 0 Å². The lowest BCUT2D eigenvalue weighted by molar-refractivity contribution is -0.136. The van der Waals surface area contributed by atoms with E-state index in [4.69, 9.17) is 0 Å². The molecule has 15 heavy (non-hydrogen) atoms. The Hall–Kier alpha value is -0.740. The smallest absolute Gasteiger partial charge is 0.200 e. The van der Waals surface area contributed by atoms with E-state index in [1.54, 1.807) is 0 Å². The summed E-state index contributed by atoms with van der Waals surface area (Å²) in [7, 11) is 0. The van der Waals surface area contributed by atoms with Gasteiger partial charge in [0.25, 0.3) is 0 Å². The van der Waals surface area contributed by atoms with Crippen LogP contribution in [-0.4, -0.2) is 36.7 Å². The Morgan fingerprint density at radius 3 is 2.73 bits per heavy atom. The molecule has 1 fully saturated rings. The summed E-state index contributed by atoms with van der Waals surface area (Å²) in [5.74, 6) is -0.306. The van der Waals surface area contributed by atoms with Crippen molar-refractivity contribution < 1.29 is 9.59 Å². The third-order valence-electron chi connectivity index (χ3n) is 2.97. The zero-order valence-electron chi connectivity index (χ0n) is 9.58. The number of rotatable bonds is 5. The molecule has 0 aromatic rings. The minimum atomic E-state index is -0.527. The molecule has 0 aromatic heterocycles. The first kappa shape index (κ1) is 12.3. The number of nitrogens with one attached hydrogen (secondary N) is 1. The molecule has 4 heteroatoms. The predicted molar refractivity (Wildman–Crippen MR) is 58.3 cm³/mol. The van der Waals surface area contributed by atoms with Gasteiger partial charge >= 0.3 is 0 Å². The van der Waals surface area contributed by atoms with E-state index in [9.17, 15) is 9.59 Å². The number of hydrazine groups is 1. The minimum Gasteiger partial charge on any atom is -0.295 e.